The molecular weight excluding hydrogens is 202 g/mol. The Balaban J connectivity index is 2.45. The van der Waals surface area contributed by atoms with Crippen molar-refractivity contribution in [3.8, 4) is 10.4 Å². The van der Waals surface area contributed by atoms with Crippen molar-refractivity contribution in [2.45, 2.75) is 19.9 Å². The lowest BCUT2D eigenvalue weighted by Gasteiger charge is -1.99. The zero-order valence-corrected chi connectivity index (χ0v) is 9.84. The first-order valence-corrected chi connectivity index (χ1v) is 5.91. The van der Waals surface area contributed by atoms with Crippen LogP contribution in [0.3, 0.4) is 0 Å². The van der Waals surface area contributed by atoms with Crippen molar-refractivity contribution in [2.24, 2.45) is 5.73 Å². The quantitative estimate of drug-likeness (QED) is 0.814. The maximum absolute atomic E-state index is 5.88. The smallest absolute Gasteiger partial charge is 0.0375 e. The third-order valence-corrected chi connectivity index (χ3v) is 3.91. The molecule has 15 heavy (non-hydrogen) atoms. The molecule has 2 aromatic rings. The van der Waals surface area contributed by atoms with Crippen LogP contribution in [-0.2, 0) is 0 Å². The molecule has 1 atom stereocenters. The molecule has 1 aromatic carbocycles. The van der Waals surface area contributed by atoms with E-state index in [4.69, 9.17) is 5.73 Å². The predicted molar refractivity (Wildman–Crippen MR) is 67.1 cm³/mol. The fourth-order valence-corrected chi connectivity index (χ4v) is 2.74. The van der Waals surface area contributed by atoms with Gasteiger partial charge in [0.2, 0.25) is 0 Å². The normalized spacial score (nSPS) is 12.7. The number of thiophene rings is 1. The van der Waals surface area contributed by atoms with E-state index >= 15 is 0 Å². The third-order valence-electron chi connectivity index (χ3n) is 2.42. The largest absolute Gasteiger partial charge is 0.324 e. The maximum atomic E-state index is 5.88. The summed E-state index contributed by atoms with van der Waals surface area (Å²) in [6, 6.07) is 12.8. The van der Waals surface area contributed by atoms with Gasteiger partial charge in [0.15, 0.2) is 0 Å². The van der Waals surface area contributed by atoms with Gasteiger partial charge >= 0.3 is 0 Å². The molecule has 0 amide bonds. The van der Waals surface area contributed by atoms with E-state index in [1.165, 1.54) is 20.9 Å². The van der Waals surface area contributed by atoms with Crippen molar-refractivity contribution in [3.05, 3.63) is 46.8 Å². The second-order valence-corrected chi connectivity index (χ2v) is 4.90. The first kappa shape index (κ1) is 10.4. The van der Waals surface area contributed by atoms with E-state index in [1.807, 2.05) is 13.0 Å². The van der Waals surface area contributed by atoms with Gasteiger partial charge in [0, 0.05) is 15.8 Å². The van der Waals surface area contributed by atoms with Crippen LogP contribution in [0.15, 0.2) is 36.4 Å². The Hall–Kier alpha value is -1.12. The molecule has 2 heteroatoms. The summed E-state index contributed by atoms with van der Waals surface area (Å²) >= 11 is 1.80. The first-order valence-electron chi connectivity index (χ1n) is 5.10. The molecule has 1 unspecified atom stereocenters. The Morgan fingerprint density at radius 3 is 2.40 bits per heavy atom. The molecule has 2 N–H and O–H groups in total. The lowest BCUT2D eigenvalue weighted by atomic mass is 10.1. The predicted octanol–water partition coefficient (Wildman–Crippen LogP) is 3.74. The maximum Gasteiger partial charge on any atom is 0.0375 e. The first-order chi connectivity index (χ1) is 7.18. The fourth-order valence-electron chi connectivity index (χ4n) is 1.61. The minimum Gasteiger partial charge on any atom is -0.324 e. The van der Waals surface area contributed by atoms with E-state index in [1.54, 1.807) is 11.3 Å². The van der Waals surface area contributed by atoms with Crippen molar-refractivity contribution >= 4 is 11.3 Å². The van der Waals surface area contributed by atoms with Crippen LogP contribution in [0.4, 0.5) is 0 Å². The van der Waals surface area contributed by atoms with Gasteiger partial charge in [-0.25, -0.2) is 0 Å². The van der Waals surface area contributed by atoms with Gasteiger partial charge in [0.05, 0.1) is 0 Å². The molecule has 0 radical (unpaired) electrons. The van der Waals surface area contributed by atoms with E-state index in [2.05, 4.69) is 37.3 Å². The Morgan fingerprint density at radius 2 is 1.87 bits per heavy atom. The summed E-state index contributed by atoms with van der Waals surface area (Å²) in [5.74, 6) is 0. The number of nitrogens with two attached hydrogens (primary N) is 1. The van der Waals surface area contributed by atoms with Crippen molar-refractivity contribution in [2.75, 3.05) is 0 Å². The van der Waals surface area contributed by atoms with Gasteiger partial charge in [0.1, 0.15) is 0 Å². The lowest BCUT2D eigenvalue weighted by Crippen LogP contribution is -2.01. The Morgan fingerprint density at radius 1 is 1.20 bits per heavy atom. The summed E-state index contributed by atoms with van der Waals surface area (Å²) < 4.78 is 0. The highest BCUT2D eigenvalue weighted by atomic mass is 32.1. The molecule has 0 aliphatic carbocycles. The minimum absolute atomic E-state index is 0.131. The monoisotopic (exact) mass is 217 g/mol. The molecule has 1 nitrogen and oxygen atoms in total. The van der Waals surface area contributed by atoms with Crippen LogP contribution in [-0.4, -0.2) is 0 Å². The fraction of sp³-hybridized carbons (Fsp3) is 0.231. The van der Waals surface area contributed by atoms with Crippen LogP contribution in [0.25, 0.3) is 10.4 Å². The van der Waals surface area contributed by atoms with Gasteiger partial charge in [-0.05, 0) is 31.0 Å². The second kappa shape index (κ2) is 4.17. The molecule has 1 aromatic heterocycles. The summed E-state index contributed by atoms with van der Waals surface area (Å²) in [5.41, 5.74) is 8.49. The second-order valence-electron chi connectivity index (χ2n) is 3.82. The summed E-state index contributed by atoms with van der Waals surface area (Å²) in [5, 5.41) is 0. The van der Waals surface area contributed by atoms with E-state index in [0.717, 1.165) is 0 Å². The highest BCUT2D eigenvalue weighted by Crippen LogP contribution is 2.34. The standard InChI is InChI=1S/C13H15NS/c1-9-8-12(10(2)14)15-13(9)11-6-4-3-5-7-11/h3-8,10H,14H2,1-2H3. The number of benzene rings is 1. The number of aryl methyl sites for hydroxylation is 1. The summed E-state index contributed by atoms with van der Waals surface area (Å²) in [7, 11) is 0. The van der Waals surface area contributed by atoms with Crippen LogP contribution in [0.1, 0.15) is 23.4 Å². The highest BCUT2D eigenvalue weighted by molar-refractivity contribution is 7.15. The highest BCUT2D eigenvalue weighted by Gasteiger charge is 2.09. The number of hydrogen-bond acceptors (Lipinski definition) is 2. The van der Waals surface area contributed by atoms with Crippen LogP contribution in [0, 0.1) is 6.92 Å². The van der Waals surface area contributed by atoms with Gasteiger partial charge < -0.3 is 5.73 Å². The molecule has 0 spiro atoms. The molecule has 78 valence electrons. The molecule has 0 aliphatic rings. The van der Waals surface area contributed by atoms with Crippen LogP contribution in [0.2, 0.25) is 0 Å². The van der Waals surface area contributed by atoms with Crippen molar-refractivity contribution in [3.63, 3.8) is 0 Å². The van der Waals surface area contributed by atoms with Gasteiger partial charge in [-0.3, -0.25) is 0 Å². The molecule has 1 heterocycles. The molecule has 0 aliphatic heterocycles. The molecule has 0 bridgehead atoms. The zero-order chi connectivity index (χ0) is 10.8. The van der Waals surface area contributed by atoms with Gasteiger partial charge in [-0.1, -0.05) is 30.3 Å². The summed E-state index contributed by atoms with van der Waals surface area (Å²) in [6.07, 6.45) is 0. The zero-order valence-electron chi connectivity index (χ0n) is 9.03. The van der Waals surface area contributed by atoms with Gasteiger partial charge in [-0.15, -0.1) is 11.3 Å². The van der Waals surface area contributed by atoms with Crippen LogP contribution >= 0.6 is 11.3 Å². The summed E-state index contributed by atoms with van der Waals surface area (Å²) in [4.78, 5) is 2.59. The Labute approximate surface area is 94.6 Å². The topological polar surface area (TPSA) is 26.0 Å². The van der Waals surface area contributed by atoms with E-state index in [9.17, 15) is 0 Å². The average molecular weight is 217 g/mol. The van der Waals surface area contributed by atoms with Gasteiger partial charge in [-0.2, -0.15) is 0 Å². The van der Waals surface area contributed by atoms with Crippen molar-refractivity contribution < 1.29 is 0 Å². The third kappa shape index (κ3) is 2.11. The minimum atomic E-state index is 0.131. The van der Waals surface area contributed by atoms with E-state index < -0.39 is 0 Å². The average Bonchev–Trinajstić information content (AvgIpc) is 2.62. The van der Waals surface area contributed by atoms with Crippen LogP contribution < -0.4 is 5.73 Å². The molecule has 0 saturated carbocycles. The van der Waals surface area contributed by atoms with Crippen LogP contribution in [0.5, 0.6) is 0 Å². The molecule has 2 rings (SSSR count). The van der Waals surface area contributed by atoms with Gasteiger partial charge in [0.25, 0.3) is 0 Å². The summed E-state index contributed by atoms with van der Waals surface area (Å²) in [6.45, 7) is 4.17. The Bertz CT molecular complexity index is 443. The van der Waals surface area contributed by atoms with E-state index in [-0.39, 0.29) is 6.04 Å². The van der Waals surface area contributed by atoms with Crippen molar-refractivity contribution in [1.82, 2.24) is 0 Å². The van der Waals surface area contributed by atoms with E-state index in [0.29, 0.717) is 0 Å². The molecule has 0 saturated heterocycles. The molecule has 0 fully saturated rings. The number of rotatable bonds is 2. The molecular formula is C13H15NS. The van der Waals surface area contributed by atoms with Crippen molar-refractivity contribution in [1.29, 1.82) is 0 Å². The Kier molecular flexibility index (Phi) is 2.89. The lowest BCUT2D eigenvalue weighted by molar-refractivity contribution is 0.838. The number of hydrogen-bond donors (Lipinski definition) is 1. The SMILES string of the molecule is Cc1cc(C(C)N)sc1-c1ccccc1.